The van der Waals surface area contributed by atoms with Gasteiger partial charge in [-0.1, -0.05) is 13.8 Å². The van der Waals surface area contributed by atoms with Crippen LogP contribution in [0.1, 0.15) is 42.9 Å². The molecule has 4 atom stereocenters. The minimum absolute atomic E-state index is 0.0346. The van der Waals surface area contributed by atoms with Gasteiger partial charge < -0.3 is 20.3 Å². The minimum Gasteiger partial charge on any atom is -0.391 e. The summed E-state index contributed by atoms with van der Waals surface area (Å²) in [6.45, 7) is 5.13. The van der Waals surface area contributed by atoms with Crippen LogP contribution in [0.3, 0.4) is 0 Å². The average molecular weight is 359 g/mol. The second kappa shape index (κ2) is 6.02. The number of hydrogen-bond donors (Lipinski definition) is 3. The monoisotopic (exact) mass is 359 g/mol. The molecule has 25 heavy (non-hydrogen) atoms. The van der Waals surface area contributed by atoms with Gasteiger partial charge in [0, 0.05) is 18.0 Å². The Balaban J connectivity index is 1.67. The van der Waals surface area contributed by atoms with Crippen LogP contribution in [-0.4, -0.2) is 52.7 Å². The number of nitrogens with zero attached hydrogens (tertiary/aromatic N) is 1. The highest BCUT2D eigenvalue weighted by molar-refractivity contribution is 5.92. The number of aliphatic hydroxyl groups excluding tert-OH is 1. The number of hydrogen-bond acceptors (Lipinski definition) is 3. The first kappa shape index (κ1) is 18.3. The van der Waals surface area contributed by atoms with Gasteiger partial charge in [-0.25, -0.2) is 0 Å². The number of carbonyl (C=O) groups is 1. The number of nitrogens with one attached hydrogen (secondary N) is 2. The zero-order valence-electron chi connectivity index (χ0n) is 14.5. The summed E-state index contributed by atoms with van der Waals surface area (Å²) in [5.74, 6) is -0.191. The molecule has 3 rings (SSSR count). The molecule has 5 nitrogen and oxygen atoms in total. The number of amides is 1. The zero-order chi connectivity index (χ0) is 18.6. The first-order valence-electron chi connectivity index (χ1n) is 8.49. The molecule has 1 aliphatic heterocycles. The van der Waals surface area contributed by atoms with Crippen LogP contribution >= 0.6 is 0 Å². The van der Waals surface area contributed by atoms with Crippen LogP contribution in [0.2, 0.25) is 0 Å². The standard InChI is InChI=1S/C17H24F3N3O2/c1-9(2)14-16(8-23(14)3)6-11(12(24)7-16)22-15(25)10-4-5-13(21-10)17(18,19)20/h4-5,9,11-12,14,21,24H,6-8H2,1-3H3,(H,22,25)/t11-,12-,14?,16?/m1/s1. The van der Waals surface area contributed by atoms with E-state index in [0.717, 1.165) is 18.7 Å². The van der Waals surface area contributed by atoms with Gasteiger partial charge in [0.05, 0.1) is 12.1 Å². The first-order chi connectivity index (χ1) is 11.5. The molecule has 0 radical (unpaired) electrons. The lowest BCUT2D eigenvalue weighted by Crippen LogP contribution is -2.64. The van der Waals surface area contributed by atoms with Crippen molar-refractivity contribution in [3.05, 3.63) is 23.5 Å². The molecule has 8 heteroatoms. The lowest BCUT2D eigenvalue weighted by molar-refractivity contribution is -0.140. The Hall–Kier alpha value is -1.54. The van der Waals surface area contributed by atoms with Crippen molar-refractivity contribution in [2.24, 2.45) is 11.3 Å². The highest BCUT2D eigenvalue weighted by Gasteiger charge is 2.58. The number of halogens is 3. The molecule has 3 N–H and O–H groups in total. The largest absolute Gasteiger partial charge is 0.431 e. The van der Waals surface area contributed by atoms with E-state index in [2.05, 4.69) is 29.0 Å². The van der Waals surface area contributed by atoms with Crippen LogP contribution in [0.4, 0.5) is 13.2 Å². The SMILES string of the molecule is CC(C)C1N(C)CC12C[C@@H](O)[C@H](NC(=O)c1ccc(C(F)(F)F)[nH]1)C2. The molecular formula is C17H24F3N3O2. The van der Waals surface area contributed by atoms with E-state index < -0.39 is 29.9 Å². The van der Waals surface area contributed by atoms with Gasteiger partial charge in [-0.2, -0.15) is 13.2 Å². The molecule has 1 spiro atoms. The highest BCUT2D eigenvalue weighted by atomic mass is 19.4. The third-order valence-corrected chi connectivity index (χ3v) is 5.56. The third-order valence-electron chi connectivity index (χ3n) is 5.56. The summed E-state index contributed by atoms with van der Waals surface area (Å²) < 4.78 is 37.9. The van der Waals surface area contributed by atoms with E-state index in [9.17, 15) is 23.1 Å². The van der Waals surface area contributed by atoms with E-state index in [1.54, 1.807) is 0 Å². The number of aromatic amines is 1. The van der Waals surface area contributed by atoms with E-state index in [1.807, 2.05) is 7.05 Å². The van der Waals surface area contributed by atoms with E-state index in [-0.39, 0.29) is 11.1 Å². The molecule has 1 aromatic rings. The molecule has 2 heterocycles. The van der Waals surface area contributed by atoms with E-state index >= 15 is 0 Å². The number of aliphatic hydroxyl groups is 1. The number of likely N-dealkylation sites (tertiary alicyclic amines) is 1. The van der Waals surface area contributed by atoms with Gasteiger partial charge in [-0.15, -0.1) is 0 Å². The maximum atomic E-state index is 12.6. The van der Waals surface area contributed by atoms with Crippen molar-refractivity contribution in [1.82, 2.24) is 15.2 Å². The number of rotatable bonds is 3. The third kappa shape index (κ3) is 3.17. The Bertz CT molecular complexity index is 653. The van der Waals surface area contributed by atoms with Crippen LogP contribution in [0.25, 0.3) is 0 Å². The van der Waals surface area contributed by atoms with Crippen molar-refractivity contribution in [3.63, 3.8) is 0 Å². The van der Waals surface area contributed by atoms with Gasteiger partial charge in [-0.3, -0.25) is 4.79 Å². The summed E-state index contributed by atoms with van der Waals surface area (Å²) >= 11 is 0. The lowest BCUT2D eigenvalue weighted by atomic mass is 9.66. The van der Waals surface area contributed by atoms with Crippen LogP contribution < -0.4 is 5.32 Å². The Labute approximate surface area is 144 Å². The highest BCUT2D eigenvalue weighted by Crippen LogP contribution is 2.52. The fourth-order valence-corrected chi connectivity index (χ4v) is 4.93. The molecule has 140 valence electrons. The number of aromatic nitrogens is 1. The second-order valence-electron chi connectivity index (χ2n) is 7.81. The molecule has 1 saturated heterocycles. The molecule has 1 aliphatic carbocycles. The van der Waals surface area contributed by atoms with Crippen LogP contribution in [0, 0.1) is 11.3 Å². The van der Waals surface area contributed by atoms with Crippen molar-refractivity contribution in [2.45, 2.75) is 51.1 Å². The van der Waals surface area contributed by atoms with Gasteiger partial charge in [0.25, 0.3) is 5.91 Å². The molecule has 0 bridgehead atoms. The quantitative estimate of drug-likeness (QED) is 0.775. The molecule has 0 aromatic carbocycles. The zero-order valence-corrected chi connectivity index (χ0v) is 14.5. The van der Waals surface area contributed by atoms with E-state index in [4.69, 9.17) is 0 Å². The maximum absolute atomic E-state index is 12.6. The second-order valence-corrected chi connectivity index (χ2v) is 7.81. The lowest BCUT2D eigenvalue weighted by Gasteiger charge is -2.57. The van der Waals surface area contributed by atoms with E-state index in [1.165, 1.54) is 0 Å². The molecule has 2 aliphatic rings. The fraction of sp³-hybridized carbons (Fsp3) is 0.706. The molecule has 1 saturated carbocycles. The van der Waals surface area contributed by atoms with Gasteiger partial charge in [-0.05, 0) is 37.9 Å². The van der Waals surface area contributed by atoms with Crippen LogP contribution in [0.15, 0.2) is 12.1 Å². The Morgan fingerprint density at radius 2 is 2.08 bits per heavy atom. The van der Waals surface area contributed by atoms with Gasteiger partial charge >= 0.3 is 6.18 Å². The summed E-state index contributed by atoms with van der Waals surface area (Å²) in [6.07, 6.45) is -3.96. The Morgan fingerprint density at radius 3 is 2.60 bits per heavy atom. The average Bonchev–Trinajstić information content (AvgIpc) is 3.04. The smallest absolute Gasteiger partial charge is 0.391 e. The predicted molar refractivity (Wildman–Crippen MR) is 86.0 cm³/mol. The summed E-state index contributed by atoms with van der Waals surface area (Å²) in [4.78, 5) is 16.6. The number of H-pyrrole nitrogens is 1. The van der Waals surface area contributed by atoms with Crippen molar-refractivity contribution < 1.29 is 23.1 Å². The fourth-order valence-electron chi connectivity index (χ4n) is 4.93. The Morgan fingerprint density at radius 1 is 1.40 bits per heavy atom. The summed E-state index contributed by atoms with van der Waals surface area (Å²) in [7, 11) is 2.05. The van der Waals surface area contributed by atoms with Gasteiger partial charge in [0.2, 0.25) is 0 Å². The Kier molecular flexibility index (Phi) is 4.39. The number of alkyl halides is 3. The minimum atomic E-state index is -4.52. The van der Waals surface area contributed by atoms with Crippen molar-refractivity contribution >= 4 is 5.91 Å². The van der Waals surface area contributed by atoms with Gasteiger partial charge in [0.15, 0.2) is 0 Å². The summed E-state index contributed by atoms with van der Waals surface area (Å²) in [5, 5.41) is 13.1. The molecule has 1 amide bonds. The topological polar surface area (TPSA) is 68.4 Å². The van der Waals surface area contributed by atoms with Crippen LogP contribution in [-0.2, 0) is 6.18 Å². The van der Waals surface area contributed by atoms with Crippen molar-refractivity contribution in [3.8, 4) is 0 Å². The van der Waals surface area contributed by atoms with Gasteiger partial charge in [0.1, 0.15) is 11.4 Å². The first-order valence-corrected chi connectivity index (χ1v) is 8.49. The van der Waals surface area contributed by atoms with Crippen molar-refractivity contribution in [1.29, 1.82) is 0 Å². The maximum Gasteiger partial charge on any atom is 0.431 e. The predicted octanol–water partition coefficient (Wildman–Crippen LogP) is 2.24. The van der Waals surface area contributed by atoms with E-state index in [0.29, 0.717) is 24.8 Å². The van der Waals surface area contributed by atoms with Crippen molar-refractivity contribution in [2.75, 3.05) is 13.6 Å². The molecule has 1 aromatic heterocycles. The normalized spacial score (nSPS) is 33.0. The summed E-state index contributed by atoms with van der Waals surface area (Å²) in [5.41, 5.74) is -1.14. The van der Waals surface area contributed by atoms with Crippen LogP contribution in [0.5, 0.6) is 0 Å². The molecular weight excluding hydrogens is 335 g/mol. The molecule has 2 unspecified atom stereocenters. The number of carbonyl (C=O) groups excluding carboxylic acids is 1. The summed E-state index contributed by atoms with van der Waals surface area (Å²) in [6, 6.07) is 1.85. The molecule has 2 fully saturated rings.